The van der Waals surface area contributed by atoms with Gasteiger partial charge in [-0.2, -0.15) is 0 Å². The van der Waals surface area contributed by atoms with Gasteiger partial charge in [-0.15, -0.1) is 0 Å². The second kappa shape index (κ2) is 7.55. The SMILES string of the molecule is NS(=O)(=O)c1cccnc1NCCOCc1ccc(Cl)cc1. The first-order valence-electron chi connectivity index (χ1n) is 6.51. The quantitative estimate of drug-likeness (QED) is 0.751. The maximum atomic E-state index is 11.4. The van der Waals surface area contributed by atoms with Crippen LogP contribution in [-0.2, 0) is 21.4 Å². The molecule has 118 valence electrons. The standard InChI is InChI=1S/C14H16ClN3O3S/c15-12-5-3-11(4-6-12)10-21-9-8-18-14-13(22(16,19)20)2-1-7-17-14/h1-7H,8-10H2,(H,17,18)(H2,16,19,20). The zero-order valence-electron chi connectivity index (χ0n) is 11.7. The smallest absolute Gasteiger partial charge is 0.241 e. The van der Waals surface area contributed by atoms with Crippen molar-refractivity contribution in [3.63, 3.8) is 0 Å². The van der Waals surface area contributed by atoms with E-state index in [-0.39, 0.29) is 10.7 Å². The molecule has 1 aromatic carbocycles. The van der Waals surface area contributed by atoms with Gasteiger partial charge in [-0.1, -0.05) is 23.7 Å². The molecule has 6 nitrogen and oxygen atoms in total. The third-order valence-electron chi connectivity index (χ3n) is 2.80. The lowest BCUT2D eigenvalue weighted by molar-refractivity contribution is 0.130. The van der Waals surface area contributed by atoms with Crippen LogP contribution in [0.1, 0.15) is 5.56 Å². The number of pyridine rings is 1. The Hall–Kier alpha value is -1.67. The molecule has 0 aliphatic rings. The van der Waals surface area contributed by atoms with Crippen molar-refractivity contribution in [2.75, 3.05) is 18.5 Å². The molecule has 0 aliphatic heterocycles. The first-order valence-corrected chi connectivity index (χ1v) is 8.43. The maximum absolute atomic E-state index is 11.4. The summed E-state index contributed by atoms with van der Waals surface area (Å²) in [6.45, 7) is 1.25. The number of nitrogens with zero attached hydrogens (tertiary/aromatic N) is 1. The molecule has 0 unspecified atom stereocenters. The van der Waals surface area contributed by atoms with Gasteiger partial charge < -0.3 is 10.1 Å². The Kier molecular flexibility index (Phi) is 5.73. The fourth-order valence-electron chi connectivity index (χ4n) is 1.77. The minimum Gasteiger partial charge on any atom is -0.375 e. The van der Waals surface area contributed by atoms with E-state index in [0.717, 1.165) is 5.56 Å². The molecule has 0 atom stereocenters. The largest absolute Gasteiger partial charge is 0.375 e. The highest BCUT2D eigenvalue weighted by atomic mass is 35.5. The van der Waals surface area contributed by atoms with Gasteiger partial charge in [0.1, 0.15) is 10.7 Å². The Labute approximate surface area is 134 Å². The van der Waals surface area contributed by atoms with Crippen molar-refractivity contribution in [3.05, 3.63) is 53.2 Å². The van der Waals surface area contributed by atoms with Gasteiger partial charge in [0.2, 0.25) is 10.0 Å². The van der Waals surface area contributed by atoms with Gasteiger partial charge in [0.25, 0.3) is 0 Å². The van der Waals surface area contributed by atoms with Gasteiger partial charge in [-0.3, -0.25) is 0 Å². The van der Waals surface area contributed by atoms with Gasteiger partial charge in [0.15, 0.2) is 0 Å². The fourth-order valence-corrected chi connectivity index (χ4v) is 2.55. The van der Waals surface area contributed by atoms with E-state index in [1.807, 2.05) is 12.1 Å². The predicted octanol–water partition coefficient (Wildman–Crippen LogP) is 2.01. The van der Waals surface area contributed by atoms with Crippen LogP contribution >= 0.6 is 11.6 Å². The van der Waals surface area contributed by atoms with Crippen molar-refractivity contribution in [1.29, 1.82) is 0 Å². The molecule has 1 aromatic heterocycles. The second-order valence-corrected chi connectivity index (χ2v) is 6.47. The Morgan fingerprint density at radius 3 is 2.64 bits per heavy atom. The van der Waals surface area contributed by atoms with E-state index in [2.05, 4.69) is 10.3 Å². The molecule has 0 fully saturated rings. The lowest BCUT2D eigenvalue weighted by Gasteiger charge is -2.09. The van der Waals surface area contributed by atoms with E-state index >= 15 is 0 Å². The molecule has 22 heavy (non-hydrogen) atoms. The summed E-state index contributed by atoms with van der Waals surface area (Å²) in [7, 11) is -3.80. The predicted molar refractivity (Wildman–Crippen MR) is 85.2 cm³/mol. The first kappa shape index (κ1) is 16.7. The molecule has 2 rings (SSSR count). The van der Waals surface area contributed by atoms with Crippen LogP contribution in [0.3, 0.4) is 0 Å². The highest BCUT2D eigenvalue weighted by Gasteiger charge is 2.13. The number of rotatable bonds is 7. The Bertz CT molecular complexity index is 720. The van der Waals surface area contributed by atoms with E-state index in [4.69, 9.17) is 21.5 Å². The van der Waals surface area contributed by atoms with E-state index in [1.54, 1.807) is 12.1 Å². The van der Waals surface area contributed by atoms with Crippen LogP contribution in [0.15, 0.2) is 47.5 Å². The third-order valence-corrected chi connectivity index (χ3v) is 3.99. The van der Waals surface area contributed by atoms with Crippen LogP contribution in [-0.4, -0.2) is 26.6 Å². The lowest BCUT2D eigenvalue weighted by atomic mass is 10.2. The van der Waals surface area contributed by atoms with Crippen LogP contribution in [0.5, 0.6) is 0 Å². The minimum atomic E-state index is -3.80. The lowest BCUT2D eigenvalue weighted by Crippen LogP contribution is -2.17. The van der Waals surface area contributed by atoms with Crippen LogP contribution < -0.4 is 10.5 Å². The number of sulfonamides is 1. The number of anilines is 1. The van der Waals surface area contributed by atoms with E-state index < -0.39 is 10.0 Å². The van der Waals surface area contributed by atoms with Crippen molar-refractivity contribution >= 4 is 27.4 Å². The molecule has 0 aliphatic carbocycles. The van der Waals surface area contributed by atoms with Crippen molar-refractivity contribution in [2.24, 2.45) is 5.14 Å². The molecule has 8 heteroatoms. The molecule has 3 N–H and O–H groups in total. The summed E-state index contributed by atoms with van der Waals surface area (Å²) in [4.78, 5) is 3.94. The van der Waals surface area contributed by atoms with E-state index in [1.165, 1.54) is 18.3 Å². The highest BCUT2D eigenvalue weighted by molar-refractivity contribution is 7.89. The number of hydrogen-bond acceptors (Lipinski definition) is 5. The Balaban J connectivity index is 1.81. The van der Waals surface area contributed by atoms with Gasteiger partial charge in [0.05, 0.1) is 13.2 Å². The highest BCUT2D eigenvalue weighted by Crippen LogP contribution is 2.15. The number of nitrogens with two attached hydrogens (primary N) is 1. The van der Waals surface area contributed by atoms with E-state index in [0.29, 0.717) is 24.8 Å². The van der Waals surface area contributed by atoms with Crippen LogP contribution in [0.4, 0.5) is 5.82 Å². The number of primary sulfonamides is 1. The van der Waals surface area contributed by atoms with Gasteiger partial charge in [-0.05, 0) is 29.8 Å². The number of hydrogen-bond donors (Lipinski definition) is 2. The molecule has 0 amide bonds. The second-order valence-electron chi connectivity index (χ2n) is 4.50. The summed E-state index contributed by atoms with van der Waals surface area (Å²) in [5.41, 5.74) is 1.01. The number of nitrogens with one attached hydrogen (secondary N) is 1. The number of ether oxygens (including phenoxy) is 1. The van der Waals surface area contributed by atoms with Crippen LogP contribution in [0.2, 0.25) is 5.02 Å². The molecule has 2 aromatic rings. The molecular formula is C14H16ClN3O3S. The summed E-state index contributed by atoms with van der Waals surface area (Å²) in [6.07, 6.45) is 1.49. The van der Waals surface area contributed by atoms with Crippen molar-refractivity contribution in [2.45, 2.75) is 11.5 Å². The summed E-state index contributed by atoms with van der Waals surface area (Å²) in [5.74, 6) is 0.222. The molecule has 0 saturated heterocycles. The average molecular weight is 342 g/mol. The Morgan fingerprint density at radius 1 is 1.23 bits per heavy atom. The van der Waals surface area contributed by atoms with E-state index in [9.17, 15) is 8.42 Å². The zero-order valence-corrected chi connectivity index (χ0v) is 13.3. The van der Waals surface area contributed by atoms with Gasteiger partial charge in [0, 0.05) is 17.8 Å². The fraction of sp³-hybridized carbons (Fsp3) is 0.214. The molecule has 0 bridgehead atoms. The van der Waals surface area contributed by atoms with Crippen molar-refractivity contribution < 1.29 is 13.2 Å². The first-order chi connectivity index (χ1) is 10.5. The average Bonchev–Trinajstić information content (AvgIpc) is 2.48. The van der Waals surface area contributed by atoms with Gasteiger partial charge in [-0.25, -0.2) is 18.5 Å². The number of aromatic nitrogens is 1. The summed E-state index contributed by atoms with van der Waals surface area (Å²) in [6, 6.07) is 10.3. The molecule has 0 spiro atoms. The topological polar surface area (TPSA) is 94.3 Å². The summed E-state index contributed by atoms with van der Waals surface area (Å²) >= 11 is 5.80. The molecular weight excluding hydrogens is 326 g/mol. The summed E-state index contributed by atoms with van der Waals surface area (Å²) in [5, 5.41) is 8.70. The number of halogens is 1. The van der Waals surface area contributed by atoms with Crippen molar-refractivity contribution in [1.82, 2.24) is 4.98 Å². The zero-order chi connectivity index (χ0) is 16.0. The van der Waals surface area contributed by atoms with Gasteiger partial charge >= 0.3 is 0 Å². The maximum Gasteiger partial charge on any atom is 0.241 e. The summed E-state index contributed by atoms with van der Waals surface area (Å²) < 4.78 is 28.3. The molecule has 0 radical (unpaired) electrons. The minimum absolute atomic E-state index is 0.0345. The molecule has 1 heterocycles. The monoisotopic (exact) mass is 341 g/mol. The van der Waals surface area contributed by atoms with Crippen molar-refractivity contribution in [3.8, 4) is 0 Å². The van der Waals surface area contributed by atoms with Crippen LogP contribution in [0, 0.1) is 0 Å². The van der Waals surface area contributed by atoms with Crippen LogP contribution in [0.25, 0.3) is 0 Å². The molecule has 0 saturated carbocycles. The third kappa shape index (κ3) is 4.96. The number of benzene rings is 1. The Morgan fingerprint density at radius 2 is 1.95 bits per heavy atom. The normalized spacial score (nSPS) is 11.4.